The number of piperazine rings is 1. The van der Waals surface area contributed by atoms with E-state index in [0.29, 0.717) is 0 Å². The molecule has 2 aromatic carbocycles. The van der Waals surface area contributed by atoms with Gasteiger partial charge in [0.05, 0.1) is 5.39 Å². The molecule has 1 aliphatic rings. The second-order valence-corrected chi connectivity index (χ2v) is 8.28. The zero-order valence-corrected chi connectivity index (χ0v) is 17.1. The largest absolute Gasteiger partial charge is 0.368 e. The lowest BCUT2D eigenvalue weighted by Crippen LogP contribution is -2.46. The van der Waals surface area contributed by atoms with Crippen LogP contribution < -0.4 is 9.80 Å². The molecule has 4 nitrogen and oxygen atoms in total. The Balaban J connectivity index is 1.45. The molecule has 0 radical (unpaired) electrons. The minimum absolute atomic E-state index is 0.234. The van der Waals surface area contributed by atoms with Gasteiger partial charge in [-0.2, -0.15) is 0 Å². The Morgan fingerprint density at radius 2 is 1.69 bits per heavy atom. The van der Waals surface area contributed by atoms with Crippen molar-refractivity contribution in [1.29, 1.82) is 0 Å². The molecule has 4 aromatic rings. The number of anilines is 2. The third kappa shape index (κ3) is 3.54. The average Bonchev–Trinajstić information content (AvgIpc) is 3.19. The summed E-state index contributed by atoms with van der Waals surface area (Å²) in [6.07, 6.45) is 1.63. The van der Waals surface area contributed by atoms with Gasteiger partial charge in [-0.1, -0.05) is 29.8 Å². The van der Waals surface area contributed by atoms with Crippen LogP contribution in [0.15, 0.2) is 60.2 Å². The summed E-state index contributed by atoms with van der Waals surface area (Å²) >= 11 is 7.74. The van der Waals surface area contributed by atoms with E-state index in [-0.39, 0.29) is 5.82 Å². The molecule has 3 heterocycles. The highest BCUT2D eigenvalue weighted by molar-refractivity contribution is 7.17. The first-order valence-corrected chi connectivity index (χ1v) is 10.7. The molecule has 0 aliphatic carbocycles. The normalized spacial score (nSPS) is 14.6. The Morgan fingerprint density at radius 3 is 2.45 bits per heavy atom. The van der Waals surface area contributed by atoms with E-state index in [1.165, 1.54) is 12.1 Å². The molecule has 146 valence electrons. The number of halogens is 2. The zero-order valence-electron chi connectivity index (χ0n) is 15.6. The van der Waals surface area contributed by atoms with Crippen LogP contribution in [-0.4, -0.2) is 36.1 Å². The van der Waals surface area contributed by atoms with Crippen molar-refractivity contribution in [2.24, 2.45) is 0 Å². The number of hydrogen-bond donors (Lipinski definition) is 0. The molecule has 0 N–H and O–H groups in total. The molecule has 0 amide bonds. The lowest BCUT2D eigenvalue weighted by Gasteiger charge is -2.37. The average molecular weight is 425 g/mol. The van der Waals surface area contributed by atoms with Gasteiger partial charge < -0.3 is 9.80 Å². The predicted molar refractivity (Wildman–Crippen MR) is 119 cm³/mol. The summed E-state index contributed by atoms with van der Waals surface area (Å²) in [4.78, 5) is 14.7. The van der Waals surface area contributed by atoms with Crippen molar-refractivity contribution in [1.82, 2.24) is 9.97 Å². The Hall–Kier alpha value is -2.70. The monoisotopic (exact) mass is 424 g/mol. The van der Waals surface area contributed by atoms with Gasteiger partial charge in [0.1, 0.15) is 22.8 Å². The summed E-state index contributed by atoms with van der Waals surface area (Å²) in [6, 6.07) is 14.6. The van der Waals surface area contributed by atoms with Crippen molar-refractivity contribution >= 4 is 44.7 Å². The summed E-state index contributed by atoms with van der Waals surface area (Å²) in [5.74, 6) is 0.711. The second-order valence-electron chi connectivity index (χ2n) is 6.99. The first kappa shape index (κ1) is 18.3. The molecule has 0 atom stereocenters. The van der Waals surface area contributed by atoms with Gasteiger partial charge in [-0.25, -0.2) is 14.4 Å². The minimum Gasteiger partial charge on any atom is -0.368 e. The summed E-state index contributed by atoms with van der Waals surface area (Å²) in [5.41, 5.74) is 3.18. The van der Waals surface area contributed by atoms with Crippen LogP contribution in [0.5, 0.6) is 0 Å². The van der Waals surface area contributed by atoms with Gasteiger partial charge in [-0.15, -0.1) is 11.3 Å². The van der Waals surface area contributed by atoms with Crippen LogP contribution in [0.3, 0.4) is 0 Å². The molecule has 0 unspecified atom stereocenters. The van der Waals surface area contributed by atoms with E-state index in [4.69, 9.17) is 11.6 Å². The zero-order chi connectivity index (χ0) is 19.8. The highest BCUT2D eigenvalue weighted by atomic mass is 35.5. The Morgan fingerprint density at radius 1 is 0.931 bits per heavy atom. The third-order valence-electron chi connectivity index (χ3n) is 5.26. The molecule has 0 spiro atoms. The molecule has 0 saturated carbocycles. The van der Waals surface area contributed by atoms with Crippen molar-refractivity contribution in [3.63, 3.8) is 0 Å². The van der Waals surface area contributed by atoms with Gasteiger partial charge in [-0.3, -0.25) is 0 Å². The van der Waals surface area contributed by atoms with Crippen molar-refractivity contribution in [3.05, 3.63) is 71.1 Å². The van der Waals surface area contributed by atoms with Crippen molar-refractivity contribution in [2.75, 3.05) is 36.0 Å². The fraction of sp³-hybridized carbons (Fsp3) is 0.182. The third-order valence-corrected chi connectivity index (χ3v) is 6.38. The molecule has 2 aromatic heterocycles. The first-order chi connectivity index (χ1) is 14.2. The number of hydrogen-bond acceptors (Lipinski definition) is 5. The summed E-state index contributed by atoms with van der Waals surface area (Å²) in [6.45, 7) is 3.50. The van der Waals surface area contributed by atoms with E-state index in [2.05, 4.69) is 31.2 Å². The van der Waals surface area contributed by atoms with Crippen LogP contribution in [0.1, 0.15) is 0 Å². The van der Waals surface area contributed by atoms with Crippen molar-refractivity contribution in [3.8, 4) is 11.1 Å². The van der Waals surface area contributed by atoms with Crippen LogP contribution in [0.4, 0.5) is 15.9 Å². The standard InChI is InChI=1S/C22H18ClFN4S/c23-16-2-1-3-18(12-16)27-8-10-28(11-9-27)21-20-19(13-29-22(20)26-14-25-21)15-4-6-17(24)7-5-15/h1-7,12-14H,8-11H2. The Kier molecular flexibility index (Phi) is 4.81. The Bertz CT molecular complexity index is 1150. The van der Waals surface area contributed by atoms with Crippen LogP contribution in [0, 0.1) is 5.82 Å². The van der Waals surface area contributed by atoms with E-state index in [1.807, 2.05) is 30.3 Å². The van der Waals surface area contributed by atoms with E-state index in [0.717, 1.165) is 64.1 Å². The van der Waals surface area contributed by atoms with Gasteiger partial charge in [0, 0.05) is 47.8 Å². The highest BCUT2D eigenvalue weighted by Crippen LogP contribution is 2.38. The van der Waals surface area contributed by atoms with Crippen molar-refractivity contribution in [2.45, 2.75) is 0 Å². The fourth-order valence-corrected chi connectivity index (χ4v) is 4.89. The van der Waals surface area contributed by atoms with E-state index in [9.17, 15) is 4.39 Å². The number of rotatable bonds is 3. The lowest BCUT2D eigenvalue weighted by molar-refractivity contribution is 0.628. The number of aromatic nitrogens is 2. The van der Waals surface area contributed by atoms with Crippen LogP contribution in [0.25, 0.3) is 21.3 Å². The van der Waals surface area contributed by atoms with Crippen LogP contribution in [0.2, 0.25) is 5.02 Å². The Labute approximate surface area is 177 Å². The molecule has 0 bridgehead atoms. The maximum atomic E-state index is 13.4. The smallest absolute Gasteiger partial charge is 0.141 e. The molecule has 1 fully saturated rings. The maximum Gasteiger partial charge on any atom is 0.141 e. The number of thiophene rings is 1. The maximum absolute atomic E-state index is 13.4. The summed E-state index contributed by atoms with van der Waals surface area (Å²) < 4.78 is 13.4. The minimum atomic E-state index is -0.234. The summed E-state index contributed by atoms with van der Waals surface area (Å²) in [7, 11) is 0. The van der Waals surface area contributed by atoms with Gasteiger partial charge >= 0.3 is 0 Å². The molecule has 1 saturated heterocycles. The van der Waals surface area contributed by atoms with Gasteiger partial charge in [0.25, 0.3) is 0 Å². The van der Waals surface area contributed by atoms with Crippen LogP contribution >= 0.6 is 22.9 Å². The number of nitrogens with zero attached hydrogens (tertiary/aromatic N) is 4. The summed E-state index contributed by atoms with van der Waals surface area (Å²) in [5, 5.41) is 3.88. The molecular weight excluding hydrogens is 407 g/mol. The second kappa shape index (κ2) is 7.61. The topological polar surface area (TPSA) is 32.3 Å². The highest BCUT2D eigenvalue weighted by Gasteiger charge is 2.22. The molecule has 5 rings (SSSR count). The number of fused-ring (bicyclic) bond motifs is 1. The molecule has 29 heavy (non-hydrogen) atoms. The number of benzene rings is 2. The van der Waals surface area contributed by atoms with E-state index < -0.39 is 0 Å². The first-order valence-electron chi connectivity index (χ1n) is 9.42. The molecular formula is C22H18ClFN4S. The molecule has 7 heteroatoms. The van der Waals surface area contributed by atoms with Crippen LogP contribution in [-0.2, 0) is 0 Å². The SMILES string of the molecule is Fc1ccc(-c2csc3ncnc(N4CCN(c5cccc(Cl)c5)CC4)c23)cc1. The quantitative estimate of drug-likeness (QED) is 0.436. The molecule has 1 aliphatic heterocycles. The predicted octanol–water partition coefficient (Wildman–Crippen LogP) is 5.48. The lowest BCUT2D eigenvalue weighted by atomic mass is 10.1. The van der Waals surface area contributed by atoms with Gasteiger partial charge in [-0.05, 0) is 35.9 Å². The van der Waals surface area contributed by atoms with Gasteiger partial charge in [0.15, 0.2) is 0 Å². The fourth-order valence-electron chi connectivity index (χ4n) is 3.79. The van der Waals surface area contributed by atoms with E-state index >= 15 is 0 Å². The van der Waals surface area contributed by atoms with Crippen molar-refractivity contribution < 1.29 is 4.39 Å². The van der Waals surface area contributed by atoms with E-state index in [1.54, 1.807) is 17.7 Å². The van der Waals surface area contributed by atoms with Gasteiger partial charge in [0.2, 0.25) is 0 Å².